The number of hydrogen-bond donors (Lipinski definition) is 0. The van der Waals surface area contributed by atoms with Crippen LogP contribution >= 0.6 is 0 Å². The van der Waals surface area contributed by atoms with E-state index in [9.17, 15) is 4.79 Å². The molecule has 1 aliphatic rings. The molecule has 0 fully saturated rings. The number of likely N-dealkylation sites (N-methyl/N-ethyl adjacent to an activating group) is 1. The Morgan fingerprint density at radius 1 is 1.00 bits per heavy atom. The number of para-hydroxylation sites is 1. The Balaban J connectivity index is 2.30. The van der Waals surface area contributed by atoms with E-state index in [1.54, 1.807) is 4.90 Å². The number of fused-ring (bicyclic) bond motifs is 1. The van der Waals surface area contributed by atoms with Gasteiger partial charge in [-0.2, -0.15) is 0 Å². The lowest BCUT2D eigenvalue weighted by atomic mass is 9.73. The molecule has 0 saturated heterocycles. The summed E-state index contributed by atoms with van der Waals surface area (Å²) in [5.74, 6) is 0.169. The summed E-state index contributed by atoms with van der Waals surface area (Å²) >= 11 is 0. The van der Waals surface area contributed by atoms with Crippen LogP contribution in [0.2, 0.25) is 0 Å². The summed E-state index contributed by atoms with van der Waals surface area (Å²) in [6.45, 7) is 2.08. The van der Waals surface area contributed by atoms with Crippen molar-refractivity contribution in [3.8, 4) is 0 Å². The number of rotatable bonds is 2. The molecule has 1 atom stereocenters. The van der Waals surface area contributed by atoms with E-state index in [2.05, 4.69) is 25.1 Å². The molecule has 1 heterocycles. The molecule has 2 aromatic rings. The van der Waals surface area contributed by atoms with Gasteiger partial charge in [-0.15, -0.1) is 0 Å². The average molecular weight is 251 g/mol. The third-order valence-electron chi connectivity index (χ3n) is 4.19. The maximum absolute atomic E-state index is 12.8. The van der Waals surface area contributed by atoms with Gasteiger partial charge in [-0.1, -0.05) is 55.5 Å². The Kier molecular flexibility index (Phi) is 2.67. The monoisotopic (exact) mass is 251 g/mol. The summed E-state index contributed by atoms with van der Waals surface area (Å²) in [6.07, 6.45) is 0.775. The first-order valence-corrected chi connectivity index (χ1v) is 6.65. The van der Waals surface area contributed by atoms with Crippen molar-refractivity contribution in [2.75, 3.05) is 11.9 Å². The van der Waals surface area contributed by atoms with Gasteiger partial charge in [0.05, 0.1) is 0 Å². The quantitative estimate of drug-likeness (QED) is 0.801. The number of carbonyl (C=O) groups excluding carboxylic acids is 1. The number of anilines is 1. The van der Waals surface area contributed by atoms with Crippen LogP contribution in [0.1, 0.15) is 24.5 Å². The molecule has 0 radical (unpaired) electrons. The highest BCUT2D eigenvalue weighted by atomic mass is 16.2. The third kappa shape index (κ3) is 1.46. The molecule has 0 unspecified atom stereocenters. The molecule has 19 heavy (non-hydrogen) atoms. The Morgan fingerprint density at radius 3 is 2.32 bits per heavy atom. The second-order valence-electron chi connectivity index (χ2n) is 5.01. The first-order chi connectivity index (χ1) is 9.21. The summed E-state index contributed by atoms with van der Waals surface area (Å²) in [5, 5.41) is 0. The number of benzene rings is 2. The minimum atomic E-state index is -0.521. The van der Waals surface area contributed by atoms with Crippen molar-refractivity contribution in [2.45, 2.75) is 18.8 Å². The van der Waals surface area contributed by atoms with Gasteiger partial charge in [0, 0.05) is 12.7 Å². The van der Waals surface area contributed by atoms with Crippen LogP contribution in [-0.4, -0.2) is 13.0 Å². The molecular formula is C17H17NO. The zero-order valence-electron chi connectivity index (χ0n) is 11.3. The molecule has 2 nitrogen and oxygen atoms in total. The van der Waals surface area contributed by atoms with E-state index in [0.29, 0.717) is 0 Å². The lowest BCUT2D eigenvalue weighted by Gasteiger charge is -2.27. The normalized spacial score (nSPS) is 21.6. The van der Waals surface area contributed by atoms with Crippen molar-refractivity contribution in [3.05, 3.63) is 65.7 Å². The molecule has 0 aliphatic carbocycles. The molecule has 2 heteroatoms. The van der Waals surface area contributed by atoms with E-state index in [1.165, 1.54) is 0 Å². The fourth-order valence-electron chi connectivity index (χ4n) is 3.19. The second kappa shape index (κ2) is 4.23. The molecule has 1 aliphatic heterocycles. The van der Waals surface area contributed by atoms with E-state index in [0.717, 1.165) is 23.2 Å². The molecule has 1 amide bonds. The van der Waals surface area contributed by atoms with E-state index in [4.69, 9.17) is 0 Å². The van der Waals surface area contributed by atoms with Crippen LogP contribution in [0, 0.1) is 0 Å². The topological polar surface area (TPSA) is 20.3 Å². The van der Waals surface area contributed by atoms with Crippen molar-refractivity contribution < 1.29 is 4.79 Å². The maximum Gasteiger partial charge on any atom is 0.241 e. The summed E-state index contributed by atoms with van der Waals surface area (Å²) in [4.78, 5) is 14.6. The predicted molar refractivity (Wildman–Crippen MR) is 77.4 cm³/mol. The van der Waals surface area contributed by atoms with Crippen molar-refractivity contribution in [3.63, 3.8) is 0 Å². The molecule has 0 spiro atoms. The Labute approximate surface area is 113 Å². The average Bonchev–Trinajstić information content (AvgIpc) is 2.70. The number of amides is 1. The minimum absolute atomic E-state index is 0.169. The Bertz CT molecular complexity index is 620. The SMILES string of the molecule is CC[C@@]1(c2ccccc2)C(=O)N(C)c2ccccc21. The maximum atomic E-state index is 12.8. The van der Waals surface area contributed by atoms with Gasteiger partial charge in [-0.3, -0.25) is 4.79 Å². The highest BCUT2D eigenvalue weighted by molar-refractivity contribution is 6.10. The van der Waals surface area contributed by atoms with Gasteiger partial charge in [0.15, 0.2) is 0 Å². The standard InChI is InChI=1S/C17H17NO/c1-3-17(13-9-5-4-6-10-13)14-11-7-8-12-15(14)18(2)16(17)19/h4-12H,3H2,1-2H3/t17-/m0/s1. The highest BCUT2D eigenvalue weighted by Crippen LogP contribution is 2.47. The third-order valence-corrected chi connectivity index (χ3v) is 4.19. The molecular weight excluding hydrogens is 234 g/mol. The zero-order chi connectivity index (χ0) is 13.5. The lowest BCUT2D eigenvalue weighted by molar-refractivity contribution is -0.121. The summed E-state index contributed by atoms with van der Waals surface area (Å²) < 4.78 is 0. The smallest absolute Gasteiger partial charge is 0.241 e. The molecule has 2 aromatic carbocycles. The molecule has 3 rings (SSSR count). The van der Waals surface area contributed by atoms with Gasteiger partial charge in [-0.05, 0) is 23.6 Å². The van der Waals surface area contributed by atoms with Crippen LogP contribution in [0.3, 0.4) is 0 Å². The van der Waals surface area contributed by atoms with Gasteiger partial charge in [-0.25, -0.2) is 0 Å². The van der Waals surface area contributed by atoms with Crippen molar-refractivity contribution in [1.29, 1.82) is 0 Å². The first kappa shape index (κ1) is 12.0. The summed E-state index contributed by atoms with van der Waals surface area (Å²) in [6, 6.07) is 18.2. The van der Waals surface area contributed by atoms with Gasteiger partial charge in [0.1, 0.15) is 5.41 Å². The highest BCUT2D eigenvalue weighted by Gasteiger charge is 2.49. The predicted octanol–water partition coefficient (Wildman–Crippen LogP) is 3.36. The molecule has 96 valence electrons. The second-order valence-corrected chi connectivity index (χ2v) is 5.01. The van der Waals surface area contributed by atoms with Crippen LogP contribution in [0.5, 0.6) is 0 Å². The van der Waals surface area contributed by atoms with E-state index in [1.807, 2.05) is 43.4 Å². The van der Waals surface area contributed by atoms with Crippen LogP contribution in [0.25, 0.3) is 0 Å². The summed E-state index contributed by atoms with van der Waals surface area (Å²) in [7, 11) is 1.86. The fourth-order valence-corrected chi connectivity index (χ4v) is 3.19. The molecule has 0 aromatic heterocycles. The van der Waals surface area contributed by atoms with Gasteiger partial charge >= 0.3 is 0 Å². The molecule has 0 N–H and O–H groups in total. The van der Waals surface area contributed by atoms with Gasteiger partial charge in [0.25, 0.3) is 0 Å². The molecule has 0 bridgehead atoms. The minimum Gasteiger partial charge on any atom is -0.314 e. The van der Waals surface area contributed by atoms with Crippen molar-refractivity contribution in [2.24, 2.45) is 0 Å². The fraction of sp³-hybridized carbons (Fsp3) is 0.235. The van der Waals surface area contributed by atoms with Crippen molar-refractivity contribution in [1.82, 2.24) is 0 Å². The van der Waals surface area contributed by atoms with Gasteiger partial charge < -0.3 is 4.90 Å². The number of nitrogens with zero attached hydrogens (tertiary/aromatic N) is 1. The molecule has 0 saturated carbocycles. The van der Waals surface area contributed by atoms with Crippen LogP contribution < -0.4 is 4.90 Å². The number of hydrogen-bond acceptors (Lipinski definition) is 1. The van der Waals surface area contributed by atoms with Crippen LogP contribution in [-0.2, 0) is 10.2 Å². The van der Waals surface area contributed by atoms with E-state index in [-0.39, 0.29) is 5.91 Å². The lowest BCUT2D eigenvalue weighted by Crippen LogP contribution is -2.39. The zero-order valence-corrected chi connectivity index (χ0v) is 11.3. The number of carbonyl (C=O) groups is 1. The Hall–Kier alpha value is -2.09. The van der Waals surface area contributed by atoms with Crippen molar-refractivity contribution >= 4 is 11.6 Å². The summed E-state index contributed by atoms with van der Waals surface area (Å²) in [5.41, 5.74) is 2.71. The first-order valence-electron chi connectivity index (χ1n) is 6.65. The van der Waals surface area contributed by atoms with Crippen LogP contribution in [0.4, 0.5) is 5.69 Å². The largest absolute Gasteiger partial charge is 0.314 e. The van der Waals surface area contributed by atoms with Crippen LogP contribution in [0.15, 0.2) is 54.6 Å². The van der Waals surface area contributed by atoms with E-state index >= 15 is 0 Å². The van der Waals surface area contributed by atoms with Gasteiger partial charge in [0.2, 0.25) is 5.91 Å². The Morgan fingerprint density at radius 2 is 1.63 bits per heavy atom. The van der Waals surface area contributed by atoms with E-state index < -0.39 is 5.41 Å².